The van der Waals surface area contributed by atoms with E-state index in [1.165, 1.54) is 36.5 Å². The average molecular weight is 515 g/mol. The molecule has 4 rings (SSSR count). The van der Waals surface area contributed by atoms with E-state index in [-0.39, 0.29) is 24.5 Å². The fourth-order valence-electron chi connectivity index (χ4n) is 4.06. The Kier molecular flexibility index (Phi) is 7.30. The highest BCUT2D eigenvalue weighted by Crippen LogP contribution is 2.40. The lowest BCUT2D eigenvalue weighted by atomic mass is 9.86. The first-order valence-electron chi connectivity index (χ1n) is 11.4. The number of hydrogen-bond acceptors (Lipinski definition) is 6. The molecule has 0 saturated carbocycles. The van der Waals surface area contributed by atoms with Crippen molar-refractivity contribution in [3.05, 3.63) is 82.2 Å². The summed E-state index contributed by atoms with van der Waals surface area (Å²) in [5, 5.41) is 2.65. The number of nitrogens with two attached hydrogens (primary N) is 1. The lowest BCUT2D eigenvalue weighted by Crippen LogP contribution is -2.52. The second-order valence-electron chi connectivity index (χ2n) is 8.70. The van der Waals surface area contributed by atoms with E-state index in [0.717, 1.165) is 12.3 Å². The first kappa shape index (κ1) is 25.9. The van der Waals surface area contributed by atoms with Crippen LogP contribution in [0.4, 0.5) is 19.0 Å². The van der Waals surface area contributed by atoms with Crippen molar-refractivity contribution in [1.82, 2.24) is 14.9 Å². The maximum atomic E-state index is 14.8. The highest BCUT2D eigenvalue weighted by molar-refractivity contribution is 5.94. The SMILES string of the molecule is CC(C(=O)Nc1ccc(Oc2ccc(F)cc2)cn1)N1CCC(F)(F)C(c2c[nH]c(=O)c(C(N)=O)c2)C1. The van der Waals surface area contributed by atoms with Gasteiger partial charge in [-0.25, -0.2) is 18.2 Å². The molecule has 1 aliphatic heterocycles. The summed E-state index contributed by atoms with van der Waals surface area (Å²) in [4.78, 5) is 44.2. The third-order valence-corrected chi connectivity index (χ3v) is 6.22. The van der Waals surface area contributed by atoms with Crippen LogP contribution in [0.5, 0.6) is 11.5 Å². The van der Waals surface area contributed by atoms with Crippen LogP contribution in [-0.2, 0) is 4.79 Å². The van der Waals surface area contributed by atoms with Gasteiger partial charge in [0.25, 0.3) is 17.4 Å². The third-order valence-electron chi connectivity index (χ3n) is 6.22. The van der Waals surface area contributed by atoms with Crippen molar-refractivity contribution in [2.24, 2.45) is 5.73 Å². The number of piperidine rings is 1. The number of likely N-dealkylation sites (tertiary alicyclic amines) is 1. The van der Waals surface area contributed by atoms with Crippen LogP contribution in [0.25, 0.3) is 0 Å². The maximum absolute atomic E-state index is 14.8. The van der Waals surface area contributed by atoms with E-state index in [4.69, 9.17) is 10.5 Å². The van der Waals surface area contributed by atoms with E-state index in [1.54, 1.807) is 17.9 Å². The summed E-state index contributed by atoms with van der Waals surface area (Å²) in [6.45, 7) is 1.36. The number of H-pyrrole nitrogens is 1. The van der Waals surface area contributed by atoms with E-state index in [1.807, 2.05) is 0 Å². The van der Waals surface area contributed by atoms with Gasteiger partial charge in [-0.3, -0.25) is 19.3 Å². The minimum absolute atomic E-state index is 0.0397. The Bertz CT molecular complexity index is 1350. The van der Waals surface area contributed by atoms with Crippen LogP contribution >= 0.6 is 0 Å². The fraction of sp³-hybridized carbons (Fsp3) is 0.280. The summed E-state index contributed by atoms with van der Waals surface area (Å²) < 4.78 is 48.2. The molecule has 12 heteroatoms. The number of carbonyl (C=O) groups excluding carboxylic acids is 2. The minimum atomic E-state index is -3.12. The number of halogens is 3. The predicted molar refractivity (Wildman–Crippen MR) is 128 cm³/mol. The number of carbonyl (C=O) groups is 2. The van der Waals surface area contributed by atoms with Gasteiger partial charge in [0.2, 0.25) is 5.91 Å². The lowest BCUT2D eigenvalue weighted by molar-refractivity contribution is -0.125. The van der Waals surface area contributed by atoms with Crippen LogP contribution in [0.1, 0.15) is 35.2 Å². The number of primary amides is 1. The number of benzene rings is 1. The molecule has 4 N–H and O–H groups in total. The Balaban J connectivity index is 1.42. The van der Waals surface area contributed by atoms with Crippen LogP contribution in [0.2, 0.25) is 0 Å². The summed E-state index contributed by atoms with van der Waals surface area (Å²) in [6, 6.07) is 8.82. The molecule has 0 radical (unpaired) electrons. The predicted octanol–water partition coefficient (Wildman–Crippen LogP) is 3.25. The molecule has 194 valence electrons. The molecule has 3 heterocycles. The summed E-state index contributed by atoms with van der Waals surface area (Å²) >= 11 is 0. The zero-order valence-corrected chi connectivity index (χ0v) is 19.7. The number of anilines is 1. The van der Waals surface area contributed by atoms with Crippen LogP contribution in [0.3, 0.4) is 0 Å². The number of nitrogens with one attached hydrogen (secondary N) is 2. The van der Waals surface area contributed by atoms with Crippen LogP contribution in [-0.4, -0.2) is 51.7 Å². The first-order chi connectivity index (χ1) is 17.5. The lowest BCUT2D eigenvalue weighted by Gasteiger charge is -2.40. The van der Waals surface area contributed by atoms with Gasteiger partial charge in [0.05, 0.1) is 18.2 Å². The van der Waals surface area contributed by atoms with Gasteiger partial charge in [-0.1, -0.05) is 0 Å². The van der Waals surface area contributed by atoms with Crippen LogP contribution in [0, 0.1) is 5.82 Å². The Hall–Kier alpha value is -4.19. The number of aromatic nitrogens is 2. The molecule has 37 heavy (non-hydrogen) atoms. The van der Waals surface area contributed by atoms with Crippen molar-refractivity contribution in [3.63, 3.8) is 0 Å². The standard InChI is InChI=1S/C25H24F3N5O4/c1-14(23(35)32-21-7-6-18(12-30-21)37-17-4-2-16(26)3-5-17)33-9-8-25(27,28)20(13-33)15-10-19(22(29)34)24(36)31-11-15/h2-7,10-12,14,20H,8-9,13H2,1H3,(H2,29,34)(H,31,36)(H,30,32,35). The average Bonchev–Trinajstić information content (AvgIpc) is 2.86. The van der Waals surface area contributed by atoms with E-state index in [2.05, 4.69) is 15.3 Å². The minimum Gasteiger partial charge on any atom is -0.456 e. The monoisotopic (exact) mass is 515 g/mol. The normalized spacial score (nSPS) is 18.1. The Labute approximate surface area is 209 Å². The number of pyridine rings is 2. The molecule has 2 unspecified atom stereocenters. The highest BCUT2D eigenvalue weighted by atomic mass is 19.3. The molecule has 9 nitrogen and oxygen atoms in total. The summed E-state index contributed by atoms with van der Waals surface area (Å²) in [7, 11) is 0. The quantitative estimate of drug-likeness (QED) is 0.443. The van der Waals surface area contributed by atoms with Gasteiger partial charge in [-0.05, 0) is 55.0 Å². The van der Waals surface area contributed by atoms with Gasteiger partial charge < -0.3 is 20.8 Å². The van der Waals surface area contributed by atoms with Crippen molar-refractivity contribution in [3.8, 4) is 11.5 Å². The third kappa shape index (κ3) is 5.97. The number of alkyl halides is 2. The van der Waals surface area contributed by atoms with Gasteiger partial charge in [0.15, 0.2) is 0 Å². The molecule has 3 aromatic rings. The van der Waals surface area contributed by atoms with Gasteiger partial charge in [0, 0.05) is 25.7 Å². The summed E-state index contributed by atoms with van der Waals surface area (Å²) in [5.74, 6) is -5.35. The van der Waals surface area contributed by atoms with Crippen molar-refractivity contribution in [1.29, 1.82) is 0 Å². The number of ether oxygens (including phenoxy) is 1. The topological polar surface area (TPSA) is 130 Å². The number of nitrogens with zero attached hydrogens (tertiary/aromatic N) is 2. The molecule has 0 aliphatic carbocycles. The van der Waals surface area contributed by atoms with Crippen LogP contribution in [0.15, 0.2) is 59.7 Å². The summed E-state index contributed by atoms with van der Waals surface area (Å²) in [5.41, 5.74) is 4.06. The van der Waals surface area contributed by atoms with E-state index < -0.39 is 53.1 Å². The smallest absolute Gasteiger partial charge is 0.260 e. The second kappa shape index (κ2) is 10.4. The molecular weight excluding hydrogens is 491 g/mol. The molecule has 1 fully saturated rings. The van der Waals surface area contributed by atoms with Gasteiger partial charge in [0.1, 0.15) is 28.7 Å². The second-order valence-corrected chi connectivity index (χ2v) is 8.70. The van der Waals surface area contributed by atoms with E-state index in [9.17, 15) is 27.6 Å². The van der Waals surface area contributed by atoms with E-state index in [0.29, 0.717) is 11.5 Å². The van der Waals surface area contributed by atoms with Crippen molar-refractivity contribution >= 4 is 17.6 Å². The fourth-order valence-corrected chi connectivity index (χ4v) is 4.06. The number of rotatable bonds is 7. The molecule has 2 atom stereocenters. The largest absolute Gasteiger partial charge is 0.456 e. The number of hydrogen-bond donors (Lipinski definition) is 3. The zero-order chi connectivity index (χ0) is 26.7. The molecule has 1 aromatic carbocycles. The Morgan fingerprint density at radius 2 is 1.92 bits per heavy atom. The van der Waals surface area contributed by atoms with Gasteiger partial charge in [-0.15, -0.1) is 0 Å². The molecule has 2 aromatic heterocycles. The van der Waals surface area contributed by atoms with Crippen molar-refractivity contribution in [2.45, 2.75) is 31.2 Å². The molecular formula is C25H24F3N5O4. The zero-order valence-electron chi connectivity index (χ0n) is 19.7. The summed E-state index contributed by atoms with van der Waals surface area (Å²) in [6.07, 6.45) is 2.00. The molecule has 1 saturated heterocycles. The number of aromatic amines is 1. The maximum Gasteiger partial charge on any atom is 0.260 e. The van der Waals surface area contributed by atoms with Crippen molar-refractivity contribution in [2.75, 3.05) is 18.4 Å². The van der Waals surface area contributed by atoms with Crippen molar-refractivity contribution < 1.29 is 27.5 Å². The molecule has 0 spiro atoms. The highest BCUT2D eigenvalue weighted by Gasteiger charge is 2.46. The number of amides is 2. The molecule has 2 amide bonds. The molecule has 0 bridgehead atoms. The van der Waals surface area contributed by atoms with E-state index >= 15 is 0 Å². The van der Waals surface area contributed by atoms with Gasteiger partial charge in [-0.2, -0.15) is 0 Å². The molecule has 1 aliphatic rings. The Morgan fingerprint density at radius 3 is 2.57 bits per heavy atom. The van der Waals surface area contributed by atoms with Gasteiger partial charge >= 0.3 is 0 Å². The van der Waals surface area contributed by atoms with Crippen LogP contribution < -0.4 is 21.3 Å². The first-order valence-corrected chi connectivity index (χ1v) is 11.4. The Morgan fingerprint density at radius 1 is 1.22 bits per heavy atom.